The molecule has 0 amide bonds. The van der Waals surface area contributed by atoms with Gasteiger partial charge in [0.1, 0.15) is 0 Å². The van der Waals surface area contributed by atoms with Crippen molar-refractivity contribution in [1.82, 2.24) is 0 Å². The van der Waals surface area contributed by atoms with E-state index in [0.717, 1.165) is 5.57 Å². The fourth-order valence-corrected chi connectivity index (χ4v) is 1.70. The van der Waals surface area contributed by atoms with Crippen LogP contribution in [0.25, 0.3) is 5.57 Å². The maximum atomic E-state index is 8.85. The zero-order valence-corrected chi connectivity index (χ0v) is 9.39. The van der Waals surface area contributed by atoms with Crippen molar-refractivity contribution in [3.8, 4) is 0 Å². The quantitative estimate of drug-likeness (QED) is 0.760. The summed E-state index contributed by atoms with van der Waals surface area (Å²) in [4.78, 5) is 0. The Morgan fingerprint density at radius 3 is 2.50 bits per heavy atom. The topological polar surface area (TPSA) is 20.2 Å². The van der Waals surface area contributed by atoms with Crippen LogP contribution in [0, 0.1) is 20.8 Å². The fourth-order valence-electron chi connectivity index (χ4n) is 1.70. The number of benzene rings is 1. The molecule has 0 aliphatic carbocycles. The van der Waals surface area contributed by atoms with Crippen LogP contribution in [0.15, 0.2) is 18.2 Å². The molecule has 1 aromatic rings. The summed E-state index contributed by atoms with van der Waals surface area (Å²) < 4.78 is 0. The van der Waals surface area contributed by atoms with Gasteiger partial charge in [0.2, 0.25) is 0 Å². The van der Waals surface area contributed by atoms with E-state index in [4.69, 9.17) is 5.11 Å². The average molecular weight is 190 g/mol. The van der Waals surface area contributed by atoms with Gasteiger partial charge in [-0.25, -0.2) is 0 Å². The Kier molecular flexibility index (Phi) is 3.48. The molecular weight excluding hydrogens is 172 g/mol. The van der Waals surface area contributed by atoms with Crippen molar-refractivity contribution in [3.63, 3.8) is 0 Å². The van der Waals surface area contributed by atoms with Crippen LogP contribution in [0.3, 0.4) is 0 Å². The van der Waals surface area contributed by atoms with Gasteiger partial charge in [0.05, 0.1) is 6.61 Å². The summed E-state index contributed by atoms with van der Waals surface area (Å²) in [6, 6.07) is 4.36. The van der Waals surface area contributed by atoms with Gasteiger partial charge in [-0.3, -0.25) is 0 Å². The van der Waals surface area contributed by atoms with E-state index in [9.17, 15) is 0 Å². The van der Waals surface area contributed by atoms with Crippen LogP contribution in [0.2, 0.25) is 0 Å². The maximum Gasteiger partial charge on any atom is 0.0618 e. The van der Waals surface area contributed by atoms with Crippen LogP contribution in [0.4, 0.5) is 0 Å². The number of aliphatic hydroxyl groups excluding tert-OH is 1. The van der Waals surface area contributed by atoms with Gasteiger partial charge in [0.15, 0.2) is 0 Å². The van der Waals surface area contributed by atoms with Crippen molar-refractivity contribution in [1.29, 1.82) is 0 Å². The highest BCUT2D eigenvalue weighted by Gasteiger charge is 2.03. The molecule has 1 rings (SSSR count). The van der Waals surface area contributed by atoms with Crippen molar-refractivity contribution in [2.75, 3.05) is 6.61 Å². The lowest BCUT2D eigenvalue weighted by Crippen LogP contribution is -1.92. The molecule has 0 bridgehead atoms. The van der Waals surface area contributed by atoms with E-state index in [1.54, 1.807) is 0 Å². The Labute approximate surface area is 86.1 Å². The molecule has 1 heteroatoms. The van der Waals surface area contributed by atoms with E-state index in [2.05, 4.69) is 32.9 Å². The first-order chi connectivity index (χ1) is 6.56. The first-order valence-corrected chi connectivity index (χ1v) is 4.92. The molecule has 1 nitrogen and oxygen atoms in total. The second kappa shape index (κ2) is 4.43. The molecule has 0 saturated carbocycles. The van der Waals surface area contributed by atoms with E-state index in [-0.39, 0.29) is 6.61 Å². The lowest BCUT2D eigenvalue weighted by molar-refractivity contribution is 0.343. The molecular formula is C13H18O. The fraction of sp³-hybridized carbons (Fsp3) is 0.385. The molecule has 0 aromatic heterocycles. The summed E-state index contributed by atoms with van der Waals surface area (Å²) in [5, 5.41) is 8.85. The molecule has 0 saturated heterocycles. The highest BCUT2D eigenvalue weighted by Crippen LogP contribution is 2.22. The third-order valence-electron chi connectivity index (χ3n) is 2.63. The van der Waals surface area contributed by atoms with Crippen LogP contribution in [-0.2, 0) is 0 Å². The molecule has 0 atom stereocenters. The first kappa shape index (κ1) is 11.0. The lowest BCUT2D eigenvalue weighted by atomic mass is 9.95. The van der Waals surface area contributed by atoms with Crippen molar-refractivity contribution in [3.05, 3.63) is 40.5 Å². The number of rotatable bonds is 2. The van der Waals surface area contributed by atoms with Crippen LogP contribution >= 0.6 is 0 Å². The standard InChI is InChI=1S/C13H18O/c1-9-7-11(3)12(4)13(8-9)10(2)5-6-14/h5,7-8,14H,6H2,1-4H3/b10-5-. The summed E-state index contributed by atoms with van der Waals surface area (Å²) in [6.45, 7) is 8.49. The zero-order valence-electron chi connectivity index (χ0n) is 9.39. The summed E-state index contributed by atoms with van der Waals surface area (Å²) >= 11 is 0. The van der Waals surface area contributed by atoms with Gasteiger partial charge < -0.3 is 5.11 Å². The Hall–Kier alpha value is -1.08. The van der Waals surface area contributed by atoms with Crippen LogP contribution < -0.4 is 0 Å². The maximum absolute atomic E-state index is 8.85. The number of hydrogen-bond donors (Lipinski definition) is 1. The number of aryl methyl sites for hydroxylation is 2. The Morgan fingerprint density at radius 1 is 1.29 bits per heavy atom. The predicted molar refractivity (Wildman–Crippen MR) is 61.4 cm³/mol. The summed E-state index contributed by atoms with van der Waals surface area (Å²) in [5.74, 6) is 0. The van der Waals surface area contributed by atoms with Crippen molar-refractivity contribution in [2.24, 2.45) is 0 Å². The SMILES string of the molecule is C/C(=C/CO)c1cc(C)cc(C)c1C. The van der Waals surface area contributed by atoms with Gasteiger partial charge >= 0.3 is 0 Å². The van der Waals surface area contributed by atoms with Crippen molar-refractivity contribution < 1.29 is 5.11 Å². The molecule has 1 N–H and O–H groups in total. The molecule has 76 valence electrons. The Morgan fingerprint density at radius 2 is 1.93 bits per heavy atom. The lowest BCUT2D eigenvalue weighted by Gasteiger charge is -2.10. The minimum atomic E-state index is 0.109. The molecule has 0 fully saturated rings. The minimum absolute atomic E-state index is 0.109. The van der Waals surface area contributed by atoms with Gasteiger partial charge in [-0.15, -0.1) is 0 Å². The molecule has 1 aromatic carbocycles. The molecule has 0 unspecified atom stereocenters. The monoisotopic (exact) mass is 190 g/mol. The van der Waals surface area contributed by atoms with Crippen LogP contribution in [0.1, 0.15) is 29.2 Å². The van der Waals surface area contributed by atoms with E-state index in [1.807, 2.05) is 13.0 Å². The molecule has 0 radical (unpaired) electrons. The van der Waals surface area contributed by atoms with E-state index in [1.165, 1.54) is 22.3 Å². The molecule has 0 aliphatic rings. The van der Waals surface area contributed by atoms with Gasteiger partial charge in [0.25, 0.3) is 0 Å². The molecule has 0 spiro atoms. The third-order valence-corrected chi connectivity index (χ3v) is 2.63. The van der Waals surface area contributed by atoms with Gasteiger partial charge in [-0.1, -0.05) is 23.8 Å². The van der Waals surface area contributed by atoms with E-state index in [0.29, 0.717) is 0 Å². The van der Waals surface area contributed by atoms with Gasteiger partial charge in [0, 0.05) is 0 Å². The van der Waals surface area contributed by atoms with Crippen molar-refractivity contribution in [2.45, 2.75) is 27.7 Å². The second-order valence-electron chi connectivity index (χ2n) is 3.82. The normalized spacial score (nSPS) is 11.9. The smallest absolute Gasteiger partial charge is 0.0618 e. The van der Waals surface area contributed by atoms with E-state index < -0.39 is 0 Å². The molecule has 0 aliphatic heterocycles. The Balaban J connectivity index is 3.27. The van der Waals surface area contributed by atoms with Gasteiger partial charge in [-0.2, -0.15) is 0 Å². The first-order valence-electron chi connectivity index (χ1n) is 4.92. The zero-order chi connectivity index (χ0) is 10.7. The molecule has 14 heavy (non-hydrogen) atoms. The highest BCUT2D eigenvalue weighted by atomic mass is 16.2. The number of aliphatic hydroxyl groups is 1. The van der Waals surface area contributed by atoms with Crippen molar-refractivity contribution >= 4 is 5.57 Å². The number of allylic oxidation sites excluding steroid dienone is 1. The summed E-state index contributed by atoms with van der Waals surface area (Å²) in [6.07, 6.45) is 1.85. The van der Waals surface area contributed by atoms with Gasteiger partial charge in [-0.05, 0) is 50.0 Å². The van der Waals surface area contributed by atoms with Crippen LogP contribution in [0.5, 0.6) is 0 Å². The third kappa shape index (κ3) is 2.24. The largest absolute Gasteiger partial charge is 0.392 e. The Bertz CT molecular complexity index is 362. The minimum Gasteiger partial charge on any atom is -0.392 e. The molecule has 0 heterocycles. The predicted octanol–water partition coefficient (Wildman–Crippen LogP) is 3.01. The second-order valence-corrected chi connectivity index (χ2v) is 3.82. The van der Waals surface area contributed by atoms with Crippen LogP contribution in [-0.4, -0.2) is 11.7 Å². The highest BCUT2D eigenvalue weighted by molar-refractivity contribution is 5.68. The number of hydrogen-bond acceptors (Lipinski definition) is 1. The van der Waals surface area contributed by atoms with E-state index >= 15 is 0 Å². The average Bonchev–Trinajstić information content (AvgIpc) is 2.11. The summed E-state index contributed by atoms with van der Waals surface area (Å²) in [7, 11) is 0. The summed E-state index contributed by atoms with van der Waals surface area (Å²) in [5.41, 5.74) is 6.28.